The zero-order chi connectivity index (χ0) is 16.5. The lowest BCUT2D eigenvalue weighted by molar-refractivity contribution is 0.397. The molecule has 5 nitrogen and oxygen atoms in total. The lowest BCUT2D eigenvalue weighted by Crippen LogP contribution is -2.39. The highest BCUT2D eigenvalue weighted by atomic mass is 127. The highest BCUT2D eigenvalue weighted by Gasteiger charge is 2.06. The maximum Gasteiger partial charge on any atom is 0.212 e. The zero-order valence-electron chi connectivity index (χ0n) is 14.3. The number of hydrogen-bond donors (Lipinski definition) is 2. The maximum absolute atomic E-state index is 5.06. The molecule has 1 unspecified atom stereocenters. The molecule has 7 heteroatoms. The summed E-state index contributed by atoms with van der Waals surface area (Å²) in [4.78, 5) is 9.88. The molecule has 0 spiro atoms. The van der Waals surface area contributed by atoms with Crippen molar-refractivity contribution in [2.75, 3.05) is 20.7 Å². The molecule has 0 fully saturated rings. The van der Waals surface area contributed by atoms with Crippen molar-refractivity contribution in [1.82, 2.24) is 15.6 Å². The predicted molar refractivity (Wildman–Crippen MR) is 112 cm³/mol. The summed E-state index contributed by atoms with van der Waals surface area (Å²) in [7, 11) is 3.40. The fourth-order valence-corrected chi connectivity index (χ4v) is 3.03. The molecular formula is C17H25IN4OS. The Hall–Kier alpha value is -1.35. The van der Waals surface area contributed by atoms with E-state index in [1.807, 2.05) is 23.5 Å². The van der Waals surface area contributed by atoms with Crippen LogP contribution in [0, 0.1) is 5.92 Å². The molecule has 24 heavy (non-hydrogen) atoms. The van der Waals surface area contributed by atoms with Gasteiger partial charge in [-0.25, -0.2) is 4.98 Å². The molecule has 2 N–H and O–H groups in total. The normalized spacial score (nSPS) is 12.2. The van der Waals surface area contributed by atoms with Crippen LogP contribution in [-0.2, 0) is 13.0 Å². The van der Waals surface area contributed by atoms with Crippen LogP contribution in [0.4, 0.5) is 0 Å². The maximum atomic E-state index is 5.06. The van der Waals surface area contributed by atoms with Gasteiger partial charge in [0.1, 0.15) is 0 Å². The van der Waals surface area contributed by atoms with Gasteiger partial charge in [-0.05, 0) is 29.3 Å². The third-order valence-electron chi connectivity index (χ3n) is 3.44. The first-order valence-electron chi connectivity index (χ1n) is 7.67. The fraction of sp³-hybridized carbons (Fsp3) is 0.412. The number of thiophene rings is 1. The summed E-state index contributed by atoms with van der Waals surface area (Å²) in [5.41, 5.74) is 1.08. The van der Waals surface area contributed by atoms with Gasteiger partial charge in [-0.3, -0.25) is 4.99 Å². The average molecular weight is 460 g/mol. The van der Waals surface area contributed by atoms with Crippen molar-refractivity contribution in [3.05, 3.63) is 46.3 Å². The summed E-state index contributed by atoms with van der Waals surface area (Å²) in [6.07, 6.45) is 2.89. The van der Waals surface area contributed by atoms with E-state index in [4.69, 9.17) is 4.74 Å². The summed E-state index contributed by atoms with van der Waals surface area (Å²) < 4.78 is 5.06. The summed E-state index contributed by atoms with van der Waals surface area (Å²) in [5.74, 6) is 1.98. The Balaban J connectivity index is 0.00000288. The van der Waals surface area contributed by atoms with Crippen LogP contribution in [-0.4, -0.2) is 31.6 Å². The Morgan fingerprint density at radius 1 is 1.33 bits per heavy atom. The van der Waals surface area contributed by atoms with Gasteiger partial charge in [0.2, 0.25) is 5.88 Å². The smallest absolute Gasteiger partial charge is 0.212 e. The van der Waals surface area contributed by atoms with E-state index in [-0.39, 0.29) is 24.0 Å². The lowest BCUT2D eigenvalue weighted by atomic mass is 10.1. The monoisotopic (exact) mass is 460 g/mol. The van der Waals surface area contributed by atoms with Crippen molar-refractivity contribution in [3.63, 3.8) is 0 Å². The van der Waals surface area contributed by atoms with Crippen LogP contribution in [0.3, 0.4) is 0 Å². The summed E-state index contributed by atoms with van der Waals surface area (Å²) >= 11 is 1.81. The predicted octanol–water partition coefficient (Wildman–Crippen LogP) is 3.31. The van der Waals surface area contributed by atoms with Crippen molar-refractivity contribution in [2.45, 2.75) is 19.9 Å². The number of pyridine rings is 1. The third-order valence-corrected chi connectivity index (χ3v) is 4.34. The lowest BCUT2D eigenvalue weighted by Gasteiger charge is -2.15. The SMILES string of the molecule is CN=C(NCc1ccc(OC)nc1)NCC(C)Cc1cccs1.I. The minimum Gasteiger partial charge on any atom is -0.481 e. The van der Waals surface area contributed by atoms with Crippen molar-refractivity contribution < 1.29 is 4.74 Å². The van der Waals surface area contributed by atoms with E-state index in [1.54, 1.807) is 20.4 Å². The van der Waals surface area contributed by atoms with Crippen molar-refractivity contribution >= 4 is 41.3 Å². The minimum atomic E-state index is 0. The molecule has 2 rings (SSSR count). The van der Waals surface area contributed by atoms with Crippen LogP contribution in [0.25, 0.3) is 0 Å². The molecule has 2 aromatic rings. The standard InChI is InChI=1S/C17H24N4OS.HI/c1-13(9-15-5-4-8-23-15)10-20-17(18-2)21-12-14-6-7-16(22-3)19-11-14;/h4-8,11,13H,9-10,12H2,1-3H3,(H2,18,20,21);1H. The fourth-order valence-electron chi connectivity index (χ4n) is 2.16. The molecule has 1 atom stereocenters. The minimum absolute atomic E-state index is 0. The topological polar surface area (TPSA) is 58.5 Å². The Kier molecular flexibility index (Phi) is 9.70. The van der Waals surface area contributed by atoms with Gasteiger partial charge in [-0.1, -0.05) is 19.1 Å². The molecule has 2 heterocycles. The van der Waals surface area contributed by atoms with E-state index in [0.29, 0.717) is 18.3 Å². The first-order chi connectivity index (χ1) is 11.2. The molecule has 0 aliphatic carbocycles. The van der Waals surface area contributed by atoms with Crippen LogP contribution in [0.1, 0.15) is 17.4 Å². The van der Waals surface area contributed by atoms with Gasteiger partial charge in [0.15, 0.2) is 5.96 Å². The molecular weight excluding hydrogens is 435 g/mol. The molecule has 0 amide bonds. The number of ether oxygens (including phenoxy) is 1. The van der Waals surface area contributed by atoms with E-state index in [1.165, 1.54) is 4.88 Å². The number of rotatable bonds is 7. The van der Waals surface area contributed by atoms with Gasteiger partial charge >= 0.3 is 0 Å². The Labute approximate surface area is 165 Å². The number of nitrogens with one attached hydrogen (secondary N) is 2. The Morgan fingerprint density at radius 3 is 2.75 bits per heavy atom. The van der Waals surface area contributed by atoms with Crippen molar-refractivity contribution in [3.8, 4) is 5.88 Å². The number of methoxy groups -OCH3 is 1. The third kappa shape index (κ3) is 7.04. The average Bonchev–Trinajstić information content (AvgIpc) is 3.08. The van der Waals surface area contributed by atoms with Gasteiger partial charge < -0.3 is 15.4 Å². The van der Waals surface area contributed by atoms with E-state index in [0.717, 1.165) is 24.5 Å². The van der Waals surface area contributed by atoms with Gasteiger partial charge in [0.05, 0.1) is 7.11 Å². The van der Waals surface area contributed by atoms with E-state index in [9.17, 15) is 0 Å². The van der Waals surface area contributed by atoms with Crippen molar-refractivity contribution in [1.29, 1.82) is 0 Å². The van der Waals surface area contributed by atoms with Crippen LogP contribution >= 0.6 is 35.3 Å². The van der Waals surface area contributed by atoms with Crippen molar-refractivity contribution in [2.24, 2.45) is 10.9 Å². The van der Waals surface area contributed by atoms with Crippen LogP contribution < -0.4 is 15.4 Å². The van der Waals surface area contributed by atoms with Gasteiger partial charge in [-0.15, -0.1) is 35.3 Å². The Bertz CT molecular complexity index is 602. The summed E-state index contributed by atoms with van der Waals surface area (Å²) in [5, 5.41) is 8.79. The molecule has 0 saturated heterocycles. The van der Waals surface area contributed by atoms with E-state index < -0.39 is 0 Å². The summed E-state index contributed by atoms with van der Waals surface area (Å²) in [6, 6.07) is 8.14. The number of aromatic nitrogens is 1. The molecule has 0 saturated carbocycles. The highest BCUT2D eigenvalue weighted by Crippen LogP contribution is 2.13. The number of aliphatic imine (C=N–C) groups is 1. The Morgan fingerprint density at radius 2 is 2.17 bits per heavy atom. The molecule has 0 radical (unpaired) electrons. The molecule has 132 valence electrons. The molecule has 2 aromatic heterocycles. The van der Waals surface area contributed by atoms with Crippen LogP contribution in [0.2, 0.25) is 0 Å². The first-order valence-corrected chi connectivity index (χ1v) is 8.55. The molecule has 0 aliphatic heterocycles. The second-order valence-electron chi connectivity index (χ2n) is 5.40. The molecule has 0 aromatic carbocycles. The quantitative estimate of drug-likeness (QED) is 0.378. The van der Waals surface area contributed by atoms with E-state index in [2.05, 4.69) is 45.0 Å². The summed E-state index contributed by atoms with van der Waals surface area (Å²) in [6.45, 7) is 3.81. The first kappa shape index (κ1) is 20.7. The number of nitrogens with zero attached hydrogens (tertiary/aromatic N) is 2. The number of halogens is 1. The van der Waals surface area contributed by atoms with Gasteiger partial charge in [-0.2, -0.15) is 0 Å². The van der Waals surface area contributed by atoms with Crippen LogP contribution in [0.5, 0.6) is 5.88 Å². The van der Waals surface area contributed by atoms with Gasteiger partial charge in [0, 0.05) is 37.3 Å². The second kappa shape index (κ2) is 11.2. The number of guanidine groups is 1. The zero-order valence-corrected chi connectivity index (χ0v) is 17.4. The second-order valence-corrected chi connectivity index (χ2v) is 6.44. The molecule has 0 bridgehead atoms. The largest absolute Gasteiger partial charge is 0.481 e. The highest BCUT2D eigenvalue weighted by molar-refractivity contribution is 14.0. The number of hydrogen-bond acceptors (Lipinski definition) is 4. The van der Waals surface area contributed by atoms with E-state index >= 15 is 0 Å². The van der Waals surface area contributed by atoms with Crippen LogP contribution in [0.15, 0.2) is 40.8 Å². The molecule has 0 aliphatic rings. The van der Waals surface area contributed by atoms with Gasteiger partial charge in [0.25, 0.3) is 0 Å².